The lowest BCUT2D eigenvalue weighted by molar-refractivity contribution is -0.386. The van der Waals surface area contributed by atoms with Crippen LogP contribution in [0.4, 0.5) is 11.5 Å². The SMILES string of the molecule is Cc1nn(Cc2ccc(C(=O)Nc3cc(C)n(Cc4ccc(Cl)c(Cl)c4)n3)cc2)c(C)c1[N+](=O)[O-]. The Morgan fingerprint density at radius 3 is 2.23 bits per heavy atom. The first-order valence-corrected chi connectivity index (χ1v) is 11.4. The second-order valence-electron chi connectivity index (χ2n) is 8.16. The number of rotatable bonds is 7. The zero-order valence-corrected chi connectivity index (χ0v) is 20.8. The van der Waals surface area contributed by atoms with Crippen LogP contribution in [0, 0.1) is 30.9 Å². The van der Waals surface area contributed by atoms with Gasteiger partial charge in [-0.1, -0.05) is 41.4 Å². The Morgan fingerprint density at radius 2 is 1.60 bits per heavy atom. The first-order valence-electron chi connectivity index (χ1n) is 10.7. The second kappa shape index (κ2) is 9.89. The fourth-order valence-electron chi connectivity index (χ4n) is 3.77. The third-order valence-electron chi connectivity index (χ3n) is 5.61. The molecule has 2 aromatic carbocycles. The number of carbonyl (C=O) groups is 1. The average molecular weight is 513 g/mol. The minimum Gasteiger partial charge on any atom is -0.305 e. The van der Waals surface area contributed by atoms with Crippen LogP contribution in [0.1, 0.15) is 38.6 Å². The quantitative estimate of drug-likeness (QED) is 0.257. The molecule has 0 fully saturated rings. The highest BCUT2D eigenvalue weighted by Gasteiger charge is 2.21. The van der Waals surface area contributed by atoms with Gasteiger partial charge in [-0.3, -0.25) is 24.3 Å². The van der Waals surface area contributed by atoms with E-state index in [-0.39, 0.29) is 11.6 Å². The summed E-state index contributed by atoms with van der Waals surface area (Å²) < 4.78 is 3.36. The molecule has 1 amide bonds. The number of hydrogen-bond acceptors (Lipinski definition) is 5. The Balaban J connectivity index is 1.42. The normalized spacial score (nSPS) is 11.0. The number of aryl methyl sites for hydroxylation is 2. The van der Waals surface area contributed by atoms with Crippen LogP contribution >= 0.6 is 23.2 Å². The average Bonchev–Trinajstić information content (AvgIpc) is 3.28. The summed E-state index contributed by atoms with van der Waals surface area (Å²) in [6.07, 6.45) is 0. The van der Waals surface area contributed by atoms with Crippen molar-refractivity contribution in [2.75, 3.05) is 5.32 Å². The lowest BCUT2D eigenvalue weighted by atomic mass is 10.1. The maximum atomic E-state index is 12.7. The lowest BCUT2D eigenvalue weighted by Gasteiger charge is -2.07. The molecule has 180 valence electrons. The zero-order chi connectivity index (χ0) is 25.3. The Hall–Kier alpha value is -3.69. The lowest BCUT2D eigenvalue weighted by Crippen LogP contribution is -2.13. The molecule has 9 nitrogen and oxygen atoms in total. The molecule has 0 aliphatic carbocycles. The van der Waals surface area contributed by atoms with Crippen LogP contribution in [0.15, 0.2) is 48.5 Å². The van der Waals surface area contributed by atoms with Crippen LogP contribution in [-0.2, 0) is 13.1 Å². The van der Waals surface area contributed by atoms with Gasteiger partial charge in [0.2, 0.25) is 0 Å². The topological polar surface area (TPSA) is 108 Å². The van der Waals surface area contributed by atoms with Crippen LogP contribution in [-0.4, -0.2) is 30.4 Å². The van der Waals surface area contributed by atoms with Gasteiger partial charge in [0.15, 0.2) is 5.82 Å². The Kier molecular flexibility index (Phi) is 6.90. The van der Waals surface area contributed by atoms with Crippen molar-refractivity contribution in [3.05, 3.63) is 102 Å². The summed E-state index contributed by atoms with van der Waals surface area (Å²) in [5.41, 5.74) is 4.02. The molecule has 11 heteroatoms. The maximum Gasteiger partial charge on any atom is 0.312 e. The number of nitrogens with one attached hydrogen (secondary N) is 1. The van der Waals surface area contributed by atoms with E-state index in [0.29, 0.717) is 45.9 Å². The van der Waals surface area contributed by atoms with Crippen molar-refractivity contribution in [2.24, 2.45) is 0 Å². The molecule has 0 radical (unpaired) electrons. The first-order chi connectivity index (χ1) is 16.6. The van der Waals surface area contributed by atoms with Gasteiger partial charge < -0.3 is 5.32 Å². The van der Waals surface area contributed by atoms with Crippen molar-refractivity contribution in [1.29, 1.82) is 0 Å². The van der Waals surface area contributed by atoms with Crippen LogP contribution in [0.5, 0.6) is 0 Å². The van der Waals surface area contributed by atoms with Gasteiger partial charge in [-0.15, -0.1) is 0 Å². The molecular formula is C24H22Cl2N6O3. The van der Waals surface area contributed by atoms with Gasteiger partial charge in [-0.2, -0.15) is 10.2 Å². The van der Waals surface area contributed by atoms with Crippen LogP contribution < -0.4 is 5.32 Å². The molecule has 0 atom stereocenters. The van der Waals surface area contributed by atoms with Crippen molar-refractivity contribution < 1.29 is 9.72 Å². The minimum atomic E-state index is -0.421. The van der Waals surface area contributed by atoms with Crippen LogP contribution in [0.25, 0.3) is 0 Å². The van der Waals surface area contributed by atoms with Crippen molar-refractivity contribution in [3.8, 4) is 0 Å². The Labute approximate surface area is 211 Å². The first kappa shape index (κ1) is 24.4. The number of halogens is 2. The summed E-state index contributed by atoms with van der Waals surface area (Å²) in [4.78, 5) is 23.5. The Bertz CT molecular complexity index is 1430. The predicted octanol–water partition coefficient (Wildman–Crippen LogP) is 5.57. The van der Waals surface area contributed by atoms with E-state index in [1.807, 2.05) is 13.0 Å². The van der Waals surface area contributed by atoms with Gasteiger partial charge in [0, 0.05) is 17.3 Å². The molecule has 2 heterocycles. The molecule has 0 unspecified atom stereocenters. The summed E-state index contributed by atoms with van der Waals surface area (Å²) in [7, 11) is 0. The molecule has 4 rings (SSSR count). The van der Waals surface area contributed by atoms with E-state index < -0.39 is 4.92 Å². The highest BCUT2D eigenvalue weighted by atomic mass is 35.5. The van der Waals surface area contributed by atoms with E-state index in [4.69, 9.17) is 23.2 Å². The number of anilines is 1. The van der Waals surface area contributed by atoms with Crippen molar-refractivity contribution in [3.63, 3.8) is 0 Å². The number of nitrogens with zero attached hydrogens (tertiary/aromatic N) is 5. The molecule has 35 heavy (non-hydrogen) atoms. The Morgan fingerprint density at radius 1 is 0.943 bits per heavy atom. The van der Waals surface area contributed by atoms with E-state index in [9.17, 15) is 14.9 Å². The number of hydrogen-bond donors (Lipinski definition) is 1. The highest BCUT2D eigenvalue weighted by molar-refractivity contribution is 6.42. The van der Waals surface area contributed by atoms with Gasteiger partial charge in [-0.05, 0) is 56.2 Å². The molecule has 4 aromatic rings. The molecule has 0 spiro atoms. The third kappa shape index (κ3) is 5.36. The predicted molar refractivity (Wildman–Crippen MR) is 134 cm³/mol. The van der Waals surface area contributed by atoms with Gasteiger partial charge in [0.25, 0.3) is 5.91 Å². The van der Waals surface area contributed by atoms with Crippen LogP contribution in [0.2, 0.25) is 10.0 Å². The zero-order valence-electron chi connectivity index (χ0n) is 19.2. The smallest absolute Gasteiger partial charge is 0.305 e. The van der Waals surface area contributed by atoms with E-state index in [0.717, 1.165) is 16.8 Å². The molecular weight excluding hydrogens is 491 g/mol. The summed E-state index contributed by atoms with van der Waals surface area (Å²) >= 11 is 12.1. The summed E-state index contributed by atoms with van der Waals surface area (Å²) in [5.74, 6) is 0.143. The number of carbonyl (C=O) groups excluding carboxylic acids is 1. The molecule has 0 saturated heterocycles. The van der Waals surface area contributed by atoms with Crippen molar-refractivity contribution in [2.45, 2.75) is 33.9 Å². The molecule has 2 aromatic heterocycles. The van der Waals surface area contributed by atoms with E-state index in [1.165, 1.54) is 0 Å². The number of nitro groups is 1. The molecule has 1 N–H and O–H groups in total. The summed E-state index contributed by atoms with van der Waals surface area (Å²) in [6, 6.07) is 14.2. The molecule has 0 aliphatic heterocycles. The largest absolute Gasteiger partial charge is 0.312 e. The second-order valence-corrected chi connectivity index (χ2v) is 8.98. The van der Waals surface area contributed by atoms with Gasteiger partial charge in [0.1, 0.15) is 11.4 Å². The third-order valence-corrected chi connectivity index (χ3v) is 6.35. The maximum absolute atomic E-state index is 12.7. The standard InChI is InChI=1S/C24H22Cl2N6O3/c1-14-10-22(29-30(14)13-18-6-9-20(25)21(26)11-18)27-24(33)19-7-4-17(5-8-19)12-31-16(3)23(32(34)35)15(2)28-31/h4-11H,12-13H2,1-3H3,(H,27,29,33). The van der Waals surface area contributed by atoms with Gasteiger partial charge in [0.05, 0.1) is 28.1 Å². The fourth-order valence-corrected chi connectivity index (χ4v) is 4.09. The van der Waals surface area contributed by atoms with E-state index in [2.05, 4.69) is 15.5 Å². The summed E-state index contributed by atoms with van der Waals surface area (Å²) in [5, 5.41) is 23.7. The van der Waals surface area contributed by atoms with Gasteiger partial charge >= 0.3 is 5.69 Å². The molecule has 0 saturated carbocycles. The van der Waals surface area contributed by atoms with E-state index in [1.54, 1.807) is 65.7 Å². The number of amides is 1. The molecule has 0 bridgehead atoms. The van der Waals surface area contributed by atoms with Crippen molar-refractivity contribution >= 4 is 40.6 Å². The van der Waals surface area contributed by atoms with Crippen LogP contribution in [0.3, 0.4) is 0 Å². The van der Waals surface area contributed by atoms with Crippen molar-refractivity contribution in [1.82, 2.24) is 19.6 Å². The van der Waals surface area contributed by atoms with Gasteiger partial charge in [-0.25, -0.2) is 0 Å². The highest BCUT2D eigenvalue weighted by Crippen LogP contribution is 2.24. The monoisotopic (exact) mass is 512 g/mol. The fraction of sp³-hybridized carbons (Fsp3) is 0.208. The minimum absolute atomic E-state index is 0.0230. The molecule has 0 aliphatic rings. The number of aromatic nitrogens is 4. The number of benzene rings is 2. The van der Waals surface area contributed by atoms with E-state index >= 15 is 0 Å². The summed E-state index contributed by atoms with van der Waals surface area (Å²) in [6.45, 7) is 6.03.